The first-order valence-electron chi connectivity index (χ1n) is 15.2. The van der Waals surface area contributed by atoms with Crippen LogP contribution in [0.15, 0.2) is 48.7 Å². The number of halogens is 2. The van der Waals surface area contributed by atoms with Gasteiger partial charge >= 0.3 is 0 Å². The van der Waals surface area contributed by atoms with Gasteiger partial charge in [-0.15, -0.1) is 0 Å². The second-order valence-corrected chi connectivity index (χ2v) is 13.3. The van der Waals surface area contributed by atoms with Crippen LogP contribution in [-0.2, 0) is 4.79 Å². The van der Waals surface area contributed by atoms with Crippen LogP contribution in [0.5, 0.6) is 0 Å². The van der Waals surface area contributed by atoms with Gasteiger partial charge in [-0.25, -0.2) is 0 Å². The first kappa shape index (κ1) is 30.9. The van der Waals surface area contributed by atoms with E-state index in [1.54, 1.807) is 0 Å². The highest BCUT2D eigenvalue weighted by Crippen LogP contribution is 2.40. The number of hydrogen-bond acceptors (Lipinski definition) is 3. The van der Waals surface area contributed by atoms with E-state index in [1.807, 2.05) is 79.6 Å². The Morgan fingerprint density at radius 1 is 0.952 bits per heavy atom. The van der Waals surface area contributed by atoms with E-state index in [2.05, 4.69) is 10.3 Å². The SMILES string of the molecule is CN(C)C(=O)C1([N+]2(CCC(CN(C)C(=O)c3ccc4[nH]ccc4c3)c3ccc(Cl)c(Cl)c3)CCCCC2)CCNCC1. The largest absolute Gasteiger partial charge is 0.361 e. The van der Waals surface area contributed by atoms with Crippen LogP contribution >= 0.6 is 23.2 Å². The highest BCUT2D eigenvalue weighted by Gasteiger charge is 2.57. The molecule has 0 spiro atoms. The van der Waals surface area contributed by atoms with E-state index >= 15 is 0 Å². The Balaban J connectivity index is 1.45. The van der Waals surface area contributed by atoms with E-state index in [0.717, 1.165) is 85.8 Å². The average molecular weight is 614 g/mol. The van der Waals surface area contributed by atoms with Gasteiger partial charge in [0.25, 0.3) is 11.8 Å². The fourth-order valence-corrected chi connectivity index (χ4v) is 7.79. The van der Waals surface area contributed by atoms with Gasteiger partial charge in [0.15, 0.2) is 5.54 Å². The number of amides is 2. The minimum absolute atomic E-state index is 0.0114. The van der Waals surface area contributed by atoms with Gasteiger partial charge < -0.3 is 24.6 Å². The van der Waals surface area contributed by atoms with Crippen molar-refractivity contribution >= 4 is 45.9 Å². The Bertz CT molecular complexity index is 1410. The molecular weight excluding hydrogens is 569 g/mol. The van der Waals surface area contributed by atoms with Crippen molar-refractivity contribution in [3.63, 3.8) is 0 Å². The molecule has 2 aromatic carbocycles. The normalized spacial score (nSPS) is 18.9. The molecule has 1 atom stereocenters. The summed E-state index contributed by atoms with van der Waals surface area (Å²) in [5, 5.41) is 5.56. The van der Waals surface area contributed by atoms with Gasteiger partial charge in [-0.2, -0.15) is 0 Å². The number of H-pyrrole nitrogens is 1. The van der Waals surface area contributed by atoms with Crippen molar-refractivity contribution in [2.75, 3.05) is 60.4 Å². The maximum atomic E-state index is 14.0. The first-order valence-corrected chi connectivity index (χ1v) is 16.0. The molecule has 0 aliphatic carbocycles. The number of rotatable bonds is 9. The second-order valence-electron chi connectivity index (χ2n) is 12.5. The molecule has 0 radical (unpaired) electrons. The average Bonchev–Trinajstić information content (AvgIpc) is 3.48. The van der Waals surface area contributed by atoms with Crippen LogP contribution in [0.25, 0.3) is 10.9 Å². The smallest absolute Gasteiger partial charge is 0.283 e. The third-order valence-corrected chi connectivity index (χ3v) is 10.5. The van der Waals surface area contributed by atoms with Crippen LogP contribution in [-0.4, -0.2) is 97.0 Å². The molecule has 0 saturated carbocycles. The zero-order valence-electron chi connectivity index (χ0n) is 25.1. The summed E-state index contributed by atoms with van der Waals surface area (Å²) < 4.78 is 0.825. The van der Waals surface area contributed by atoms with Crippen molar-refractivity contribution in [3.05, 3.63) is 69.8 Å². The number of nitrogens with one attached hydrogen (secondary N) is 2. The lowest BCUT2D eigenvalue weighted by Crippen LogP contribution is -2.74. The van der Waals surface area contributed by atoms with Crippen molar-refractivity contribution in [2.24, 2.45) is 0 Å². The summed E-state index contributed by atoms with van der Waals surface area (Å²) >= 11 is 12.8. The predicted octanol–water partition coefficient (Wildman–Crippen LogP) is 5.93. The van der Waals surface area contributed by atoms with E-state index in [0.29, 0.717) is 22.2 Å². The van der Waals surface area contributed by atoms with Crippen molar-refractivity contribution in [3.8, 4) is 0 Å². The number of carbonyl (C=O) groups excluding carboxylic acids is 2. The number of piperidine rings is 2. The fraction of sp³-hybridized carbons (Fsp3) is 0.515. The number of aromatic nitrogens is 1. The van der Waals surface area contributed by atoms with Gasteiger partial charge in [-0.05, 0) is 61.2 Å². The first-order chi connectivity index (χ1) is 20.2. The molecule has 1 aromatic heterocycles. The highest BCUT2D eigenvalue weighted by atomic mass is 35.5. The summed E-state index contributed by atoms with van der Waals surface area (Å²) in [5.74, 6) is 0.280. The molecule has 2 fully saturated rings. The third kappa shape index (κ3) is 6.07. The molecule has 2 aliphatic heterocycles. The number of likely N-dealkylation sites (tertiary alicyclic amines) is 1. The van der Waals surface area contributed by atoms with Crippen molar-refractivity contribution < 1.29 is 14.1 Å². The number of quaternary nitrogens is 1. The van der Waals surface area contributed by atoms with Crippen molar-refractivity contribution in [1.82, 2.24) is 20.1 Å². The number of aromatic amines is 1. The van der Waals surface area contributed by atoms with E-state index in [9.17, 15) is 9.59 Å². The van der Waals surface area contributed by atoms with Crippen LogP contribution < -0.4 is 5.32 Å². The maximum Gasteiger partial charge on any atom is 0.283 e. The van der Waals surface area contributed by atoms with E-state index in [4.69, 9.17) is 23.2 Å². The van der Waals surface area contributed by atoms with Gasteiger partial charge in [0, 0.05) is 88.6 Å². The standard InChI is InChI=1S/C33H43Cl2N5O2/c1-38(2)32(42)33(13-16-36-17-14-33)40(18-5-4-6-19-40)20-12-27(24-7-9-28(34)29(35)22-24)23-39(3)31(41)26-8-10-30-25(21-26)11-15-37-30/h7-11,15,21-22,27,36H,4-6,12-14,16-20,23H2,1-3H3/p+1. The molecule has 3 heterocycles. The van der Waals surface area contributed by atoms with E-state index in [1.165, 1.54) is 6.42 Å². The number of carbonyl (C=O) groups is 2. The maximum absolute atomic E-state index is 14.0. The lowest BCUT2D eigenvalue weighted by atomic mass is 9.79. The van der Waals surface area contributed by atoms with E-state index < -0.39 is 5.54 Å². The molecule has 5 rings (SSSR count). The Morgan fingerprint density at radius 3 is 2.38 bits per heavy atom. The van der Waals surface area contributed by atoms with Crippen molar-refractivity contribution in [1.29, 1.82) is 0 Å². The molecule has 226 valence electrons. The molecule has 9 heteroatoms. The number of hydrogen-bond donors (Lipinski definition) is 2. The number of benzene rings is 2. The minimum atomic E-state index is -0.426. The van der Waals surface area contributed by atoms with Gasteiger partial charge in [0.1, 0.15) is 0 Å². The second kappa shape index (κ2) is 13.0. The lowest BCUT2D eigenvalue weighted by molar-refractivity contribution is -0.972. The zero-order valence-corrected chi connectivity index (χ0v) is 26.6. The van der Waals surface area contributed by atoms with Gasteiger partial charge in [0.05, 0.1) is 29.7 Å². The van der Waals surface area contributed by atoms with Crippen LogP contribution in [0, 0.1) is 0 Å². The Kier molecular flexibility index (Phi) is 9.53. The molecule has 2 amide bonds. The van der Waals surface area contributed by atoms with Gasteiger partial charge in [-0.3, -0.25) is 9.59 Å². The zero-order chi connectivity index (χ0) is 29.9. The molecule has 7 nitrogen and oxygen atoms in total. The molecule has 1 unspecified atom stereocenters. The summed E-state index contributed by atoms with van der Waals surface area (Å²) in [6.45, 7) is 5.16. The topological polar surface area (TPSA) is 68.4 Å². The molecular formula is C33H44Cl2N5O2+. The third-order valence-electron chi connectivity index (χ3n) is 9.78. The quantitative estimate of drug-likeness (QED) is 0.294. The molecule has 2 N–H and O–H groups in total. The highest BCUT2D eigenvalue weighted by molar-refractivity contribution is 6.42. The molecule has 42 heavy (non-hydrogen) atoms. The summed E-state index contributed by atoms with van der Waals surface area (Å²) in [4.78, 5) is 34.5. The molecule has 0 bridgehead atoms. The Hall–Kier alpha value is -2.58. The molecule has 2 aliphatic rings. The molecule has 3 aromatic rings. The minimum Gasteiger partial charge on any atom is -0.361 e. The Labute approximate surface area is 259 Å². The van der Waals surface area contributed by atoms with Crippen LogP contribution in [0.2, 0.25) is 10.0 Å². The van der Waals surface area contributed by atoms with E-state index in [-0.39, 0.29) is 17.7 Å². The fourth-order valence-electron chi connectivity index (χ4n) is 7.48. The summed E-state index contributed by atoms with van der Waals surface area (Å²) in [7, 11) is 5.68. The van der Waals surface area contributed by atoms with Crippen LogP contribution in [0.4, 0.5) is 0 Å². The molecule has 2 saturated heterocycles. The monoisotopic (exact) mass is 612 g/mol. The van der Waals surface area contributed by atoms with Crippen molar-refractivity contribution in [2.45, 2.75) is 50.0 Å². The van der Waals surface area contributed by atoms with Crippen LogP contribution in [0.1, 0.15) is 60.4 Å². The summed E-state index contributed by atoms with van der Waals surface area (Å²) in [6, 6.07) is 13.6. The predicted molar refractivity (Wildman–Crippen MR) is 171 cm³/mol. The lowest BCUT2D eigenvalue weighted by Gasteiger charge is -2.56. The van der Waals surface area contributed by atoms with Gasteiger partial charge in [0.2, 0.25) is 0 Å². The number of fused-ring (bicyclic) bond motifs is 1. The van der Waals surface area contributed by atoms with Gasteiger partial charge in [-0.1, -0.05) is 29.3 Å². The number of likely N-dealkylation sites (N-methyl/N-ethyl adjacent to an activating group) is 2. The number of nitrogens with zero attached hydrogens (tertiary/aromatic N) is 3. The van der Waals surface area contributed by atoms with Crippen LogP contribution in [0.3, 0.4) is 0 Å². The summed E-state index contributed by atoms with van der Waals surface area (Å²) in [6.07, 6.45) is 7.90. The Morgan fingerprint density at radius 2 is 1.69 bits per heavy atom. The summed E-state index contributed by atoms with van der Waals surface area (Å²) in [5.41, 5.74) is 2.32.